The van der Waals surface area contributed by atoms with Gasteiger partial charge in [-0.3, -0.25) is 0 Å². The van der Waals surface area contributed by atoms with E-state index in [2.05, 4.69) is 6.92 Å². The van der Waals surface area contributed by atoms with Crippen molar-refractivity contribution in [1.82, 2.24) is 0 Å². The fourth-order valence-electron chi connectivity index (χ4n) is 0.948. The number of ether oxygens (including phenoxy) is 1. The van der Waals surface area contributed by atoms with Crippen molar-refractivity contribution in [2.75, 3.05) is 0 Å². The van der Waals surface area contributed by atoms with E-state index in [-0.39, 0.29) is 0 Å². The normalized spacial score (nSPS) is 23.8. The average molecular weight is 140 g/mol. The highest BCUT2D eigenvalue weighted by molar-refractivity contribution is 5.16. The van der Waals surface area contributed by atoms with Crippen molar-refractivity contribution >= 4 is 0 Å². The third-order valence-electron chi connectivity index (χ3n) is 1.45. The Morgan fingerprint density at radius 2 is 2.50 bits per heavy atom. The van der Waals surface area contributed by atoms with Crippen LogP contribution >= 0.6 is 0 Å². The molecule has 0 aromatic rings. The van der Waals surface area contributed by atoms with Crippen LogP contribution in [0.25, 0.3) is 0 Å². The Hall–Kier alpha value is -0.760. The SMILES string of the molecule is CCCC1=CC=COC1O. The third kappa shape index (κ3) is 1.61. The van der Waals surface area contributed by atoms with Gasteiger partial charge in [-0.15, -0.1) is 0 Å². The van der Waals surface area contributed by atoms with Crippen molar-refractivity contribution in [3.05, 3.63) is 24.0 Å². The maximum atomic E-state index is 9.16. The van der Waals surface area contributed by atoms with Gasteiger partial charge in [-0.1, -0.05) is 19.4 Å². The molecule has 10 heavy (non-hydrogen) atoms. The van der Waals surface area contributed by atoms with Crippen LogP contribution in [0.3, 0.4) is 0 Å². The van der Waals surface area contributed by atoms with E-state index in [1.807, 2.05) is 6.08 Å². The third-order valence-corrected chi connectivity index (χ3v) is 1.45. The van der Waals surface area contributed by atoms with E-state index in [4.69, 9.17) is 9.84 Å². The maximum Gasteiger partial charge on any atom is 0.219 e. The Kier molecular flexibility index (Phi) is 2.51. The second kappa shape index (κ2) is 3.42. The first-order valence-electron chi connectivity index (χ1n) is 3.53. The highest BCUT2D eigenvalue weighted by Crippen LogP contribution is 2.14. The predicted molar refractivity (Wildman–Crippen MR) is 39.2 cm³/mol. The lowest BCUT2D eigenvalue weighted by Gasteiger charge is -2.15. The molecular weight excluding hydrogens is 128 g/mol. The minimum atomic E-state index is -0.704. The molecule has 0 radical (unpaired) electrons. The molecule has 0 saturated heterocycles. The van der Waals surface area contributed by atoms with E-state index < -0.39 is 6.29 Å². The number of aliphatic hydroxyl groups excluding tert-OH is 1. The Balaban J connectivity index is 2.52. The minimum Gasteiger partial charge on any atom is -0.469 e. The summed E-state index contributed by atoms with van der Waals surface area (Å²) in [4.78, 5) is 0. The monoisotopic (exact) mass is 140 g/mol. The summed E-state index contributed by atoms with van der Waals surface area (Å²) in [5.41, 5.74) is 0.963. The fraction of sp³-hybridized carbons (Fsp3) is 0.500. The second-order valence-corrected chi connectivity index (χ2v) is 2.31. The zero-order valence-electron chi connectivity index (χ0n) is 6.08. The average Bonchev–Trinajstić information content (AvgIpc) is 1.94. The number of rotatable bonds is 2. The van der Waals surface area contributed by atoms with E-state index in [9.17, 15) is 0 Å². The molecule has 1 rings (SSSR count). The van der Waals surface area contributed by atoms with Crippen LogP contribution in [-0.2, 0) is 4.74 Å². The van der Waals surface area contributed by atoms with Crippen molar-refractivity contribution in [3.63, 3.8) is 0 Å². The molecule has 2 heteroatoms. The van der Waals surface area contributed by atoms with Gasteiger partial charge in [0.25, 0.3) is 0 Å². The number of hydrogen-bond donors (Lipinski definition) is 1. The van der Waals surface area contributed by atoms with Crippen molar-refractivity contribution < 1.29 is 9.84 Å². The van der Waals surface area contributed by atoms with Crippen LogP contribution in [0.5, 0.6) is 0 Å². The molecule has 0 saturated carbocycles. The molecule has 0 amide bonds. The van der Waals surface area contributed by atoms with Gasteiger partial charge in [-0.25, -0.2) is 0 Å². The van der Waals surface area contributed by atoms with Gasteiger partial charge < -0.3 is 9.84 Å². The highest BCUT2D eigenvalue weighted by Gasteiger charge is 2.10. The first kappa shape index (κ1) is 7.35. The molecule has 0 aliphatic carbocycles. The standard InChI is InChI=1S/C8H12O2/c1-2-4-7-5-3-6-10-8(7)9/h3,5-6,8-9H,2,4H2,1H3. The van der Waals surface area contributed by atoms with Crippen molar-refractivity contribution in [3.8, 4) is 0 Å². The lowest BCUT2D eigenvalue weighted by molar-refractivity contribution is -0.0254. The van der Waals surface area contributed by atoms with E-state index in [0.29, 0.717) is 0 Å². The molecule has 1 aliphatic rings. The summed E-state index contributed by atoms with van der Waals surface area (Å²) in [7, 11) is 0. The summed E-state index contributed by atoms with van der Waals surface area (Å²) in [6.45, 7) is 2.08. The molecule has 1 N–H and O–H groups in total. The van der Waals surface area contributed by atoms with Gasteiger partial charge in [0.15, 0.2) is 0 Å². The minimum absolute atomic E-state index is 0.704. The van der Waals surface area contributed by atoms with Gasteiger partial charge in [0.1, 0.15) is 0 Å². The lowest BCUT2D eigenvalue weighted by Crippen LogP contribution is -2.13. The first-order chi connectivity index (χ1) is 4.84. The molecule has 0 fully saturated rings. The van der Waals surface area contributed by atoms with E-state index in [0.717, 1.165) is 18.4 Å². The molecule has 0 spiro atoms. The lowest BCUT2D eigenvalue weighted by atomic mass is 10.1. The molecule has 0 bridgehead atoms. The van der Waals surface area contributed by atoms with Crippen molar-refractivity contribution in [2.24, 2.45) is 0 Å². The topological polar surface area (TPSA) is 29.5 Å². The Labute approximate surface area is 60.8 Å². The summed E-state index contributed by atoms with van der Waals surface area (Å²) in [6, 6.07) is 0. The number of allylic oxidation sites excluding steroid dienone is 2. The second-order valence-electron chi connectivity index (χ2n) is 2.31. The number of aliphatic hydroxyl groups is 1. The molecule has 0 aromatic heterocycles. The van der Waals surface area contributed by atoms with Crippen LogP contribution in [-0.4, -0.2) is 11.4 Å². The smallest absolute Gasteiger partial charge is 0.219 e. The molecule has 0 aromatic carbocycles. The molecule has 1 aliphatic heterocycles. The summed E-state index contributed by atoms with van der Waals surface area (Å²) >= 11 is 0. The van der Waals surface area contributed by atoms with E-state index in [1.165, 1.54) is 6.26 Å². The van der Waals surface area contributed by atoms with Gasteiger partial charge in [-0.05, 0) is 18.1 Å². The Bertz CT molecular complexity index is 159. The van der Waals surface area contributed by atoms with Crippen molar-refractivity contribution in [2.45, 2.75) is 26.1 Å². The quantitative estimate of drug-likeness (QED) is 0.631. The van der Waals surface area contributed by atoms with Crippen LogP contribution in [0.15, 0.2) is 24.0 Å². The molecule has 56 valence electrons. The van der Waals surface area contributed by atoms with E-state index >= 15 is 0 Å². The summed E-state index contributed by atoms with van der Waals surface area (Å²) in [5.74, 6) is 0. The van der Waals surface area contributed by atoms with Crippen LogP contribution in [0.1, 0.15) is 19.8 Å². The van der Waals surface area contributed by atoms with Crippen LogP contribution < -0.4 is 0 Å². The molecule has 2 nitrogen and oxygen atoms in total. The summed E-state index contributed by atoms with van der Waals surface area (Å²) < 4.78 is 4.85. The summed E-state index contributed by atoms with van der Waals surface area (Å²) in [6.07, 6.45) is 6.45. The van der Waals surface area contributed by atoms with Crippen LogP contribution in [0.4, 0.5) is 0 Å². The zero-order chi connectivity index (χ0) is 7.40. The first-order valence-corrected chi connectivity index (χ1v) is 3.53. The van der Waals surface area contributed by atoms with Crippen LogP contribution in [0.2, 0.25) is 0 Å². The highest BCUT2D eigenvalue weighted by atomic mass is 16.6. The Morgan fingerprint density at radius 3 is 3.10 bits per heavy atom. The van der Waals surface area contributed by atoms with Gasteiger partial charge in [-0.2, -0.15) is 0 Å². The van der Waals surface area contributed by atoms with Gasteiger partial charge in [0.05, 0.1) is 6.26 Å². The largest absolute Gasteiger partial charge is 0.469 e. The maximum absolute atomic E-state index is 9.16. The molecule has 1 heterocycles. The van der Waals surface area contributed by atoms with Gasteiger partial charge in [0.2, 0.25) is 6.29 Å². The zero-order valence-corrected chi connectivity index (χ0v) is 6.08. The van der Waals surface area contributed by atoms with Gasteiger partial charge >= 0.3 is 0 Å². The summed E-state index contributed by atoms with van der Waals surface area (Å²) in [5, 5.41) is 9.16. The molecular formula is C8H12O2. The fourth-order valence-corrected chi connectivity index (χ4v) is 0.948. The van der Waals surface area contributed by atoms with E-state index in [1.54, 1.807) is 6.08 Å². The van der Waals surface area contributed by atoms with Crippen LogP contribution in [0, 0.1) is 0 Å². The molecule has 1 unspecified atom stereocenters. The number of hydrogen-bond acceptors (Lipinski definition) is 2. The molecule has 1 atom stereocenters. The van der Waals surface area contributed by atoms with Gasteiger partial charge in [0, 0.05) is 0 Å². The predicted octanol–water partition coefficient (Wildman–Crippen LogP) is 1.58. The van der Waals surface area contributed by atoms with Crippen molar-refractivity contribution in [1.29, 1.82) is 0 Å². The Morgan fingerprint density at radius 1 is 1.70 bits per heavy atom.